The lowest BCUT2D eigenvalue weighted by Gasteiger charge is -2.40. The Balaban J connectivity index is 1.67. The second-order valence-corrected chi connectivity index (χ2v) is 9.91. The van der Waals surface area contributed by atoms with Crippen LogP contribution in [0, 0.1) is 22.7 Å². The van der Waals surface area contributed by atoms with Gasteiger partial charge in [0.25, 0.3) is 0 Å². The molecule has 226 valence electrons. The maximum Gasteiger partial charge on any atom is 0.407 e. The van der Waals surface area contributed by atoms with Crippen LogP contribution in [0.5, 0.6) is 0 Å². The van der Waals surface area contributed by atoms with Gasteiger partial charge in [-0.2, -0.15) is 20.0 Å². The molecular weight excluding hydrogens is 580 g/mol. The minimum absolute atomic E-state index is 0.0996. The summed E-state index contributed by atoms with van der Waals surface area (Å²) in [5.41, 5.74) is 13.1. The number of carbonyl (C=O) groups is 2. The first kappa shape index (κ1) is 31.0. The smallest absolute Gasteiger partial charge is 0.407 e. The minimum atomic E-state index is -0.929. The van der Waals surface area contributed by atoms with E-state index in [-0.39, 0.29) is 41.7 Å². The standard InChI is InChI=1S/C26H31ClN12O4/c1-3-32-22-23-33-12-15(11-30)39(23)37-25(36-22)34-18-8-14(10-29)9-19(21(18)27)38-7-5-17(35-26(41)42-2)20(13-38)43-24(40)16(31)4-6-28/h8-9,12,16-17,20H,3-7,13,28,31H2,1-2H3,(H,35,41)(H2,32,34,36,37)/t16?,17-,20-/m1/s1. The third-order valence-electron chi connectivity index (χ3n) is 6.69. The number of methoxy groups -OCH3 is 1. The van der Waals surface area contributed by atoms with Gasteiger partial charge in [0.15, 0.2) is 17.2 Å². The first-order chi connectivity index (χ1) is 20.7. The number of nitrogens with zero attached hydrogens (tertiary/aromatic N) is 7. The summed E-state index contributed by atoms with van der Waals surface area (Å²) in [5, 5.41) is 32.8. The molecule has 43 heavy (non-hydrogen) atoms. The molecule has 1 aromatic carbocycles. The largest absolute Gasteiger partial charge is 0.457 e. The molecule has 16 nitrogen and oxygen atoms in total. The number of nitrogens with one attached hydrogen (secondary N) is 3. The minimum Gasteiger partial charge on any atom is -0.457 e. The fraction of sp³-hybridized carbons (Fsp3) is 0.423. The predicted molar refractivity (Wildman–Crippen MR) is 157 cm³/mol. The van der Waals surface area contributed by atoms with Crippen LogP contribution in [0.3, 0.4) is 0 Å². The van der Waals surface area contributed by atoms with Crippen molar-refractivity contribution in [2.75, 3.05) is 48.8 Å². The Kier molecular flexibility index (Phi) is 9.99. The van der Waals surface area contributed by atoms with Crippen molar-refractivity contribution in [3.05, 3.63) is 34.6 Å². The van der Waals surface area contributed by atoms with Crippen LogP contribution in [-0.2, 0) is 14.3 Å². The number of benzene rings is 1. The lowest BCUT2D eigenvalue weighted by molar-refractivity contribution is -0.152. The number of halogens is 1. The highest BCUT2D eigenvalue weighted by Crippen LogP contribution is 2.37. The van der Waals surface area contributed by atoms with E-state index < -0.39 is 30.3 Å². The van der Waals surface area contributed by atoms with Crippen molar-refractivity contribution in [3.8, 4) is 12.1 Å². The van der Waals surface area contributed by atoms with Crippen LogP contribution in [0.4, 0.5) is 27.9 Å². The molecule has 3 aromatic rings. The number of hydrogen-bond acceptors (Lipinski definition) is 14. The Hall–Kier alpha value is -4.90. The lowest BCUT2D eigenvalue weighted by atomic mass is 10.00. The number of hydrogen-bond donors (Lipinski definition) is 5. The van der Waals surface area contributed by atoms with Gasteiger partial charge < -0.3 is 41.8 Å². The zero-order chi connectivity index (χ0) is 31.1. The van der Waals surface area contributed by atoms with Crippen molar-refractivity contribution >= 4 is 52.5 Å². The van der Waals surface area contributed by atoms with E-state index in [9.17, 15) is 20.1 Å². The molecule has 1 aliphatic rings. The van der Waals surface area contributed by atoms with Gasteiger partial charge >= 0.3 is 12.1 Å². The maximum atomic E-state index is 12.7. The van der Waals surface area contributed by atoms with Crippen molar-refractivity contribution in [1.29, 1.82) is 10.5 Å². The highest BCUT2D eigenvalue weighted by atomic mass is 35.5. The van der Waals surface area contributed by atoms with E-state index in [4.69, 9.17) is 32.5 Å². The number of amides is 1. The van der Waals surface area contributed by atoms with Gasteiger partial charge in [0, 0.05) is 13.1 Å². The summed E-state index contributed by atoms with van der Waals surface area (Å²) in [6, 6.07) is 5.82. The highest BCUT2D eigenvalue weighted by molar-refractivity contribution is 6.36. The number of nitrogens with two attached hydrogens (primary N) is 2. The molecule has 1 aliphatic heterocycles. The van der Waals surface area contributed by atoms with Crippen molar-refractivity contribution < 1.29 is 19.1 Å². The summed E-state index contributed by atoms with van der Waals surface area (Å²) in [6.45, 7) is 3.14. The average molecular weight is 611 g/mol. The van der Waals surface area contributed by atoms with E-state index in [2.05, 4.69) is 37.1 Å². The molecular formula is C26H31ClN12O4. The molecule has 1 unspecified atom stereocenters. The van der Waals surface area contributed by atoms with Crippen LogP contribution in [0.15, 0.2) is 18.3 Å². The topological polar surface area (TPSA) is 235 Å². The Morgan fingerprint density at radius 1 is 1.30 bits per heavy atom. The molecule has 1 fully saturated rings. The highest BCUT2D eigenvalue weighted by Gasteiger charge is 2.35. The first-order valence-corrected chi connectivity index (χ1v) is 13.8. The number of esters is 1. The van der Waals surface area contributed by atoms with E-state index >= 15 is 0 Å². The second-order valence-electron chi connectivity index (χ2n) is 9.54. The summed E-state index contributed by atoms with van der Waals surface area (Å²) in [7, 11) is 1.24. The number of anilines is 4. The van der Waals surface area contributed by atoms with Crippen molar-refractivity contribution in [1.82, 2.24) is 24.9 Å². The molecule has 0 saturated carbocycles. The lowest BCUT2D eigenvalue weighted by Crippen LogP contribution is -2.56. The van der Waals surface area contributed by atoms with Crippen LogP contribution in [0.1, 0.15) is 31.0 Å². The maximum absolute atomic E-state index is 12.7. The number of piperidine rings is 1. The second kappa shape index (κ2) is 13.8. The molecule has 17 heteroatoms. The predicted octanol–water partition coefficient (Wildman–Crippen LogP) is 1.22. The number of aromatic nitrogens is 4. The van der Waals surface area contributed by atoms with Gasteiger partial charge in [-0.3, -0.25) is 4.79 Å². The molecule has 0 radical (unpaired) electrons. The normalized spacial score (nSPS) is 17.0. The summed E-state index contributed by atoms with van der Waals surface area (Å²) in [5.74, 6) is -0.164. The first-order valence-electron chi connectivity index (χ1n) is 13.4. The van der Waals surface area contributed by atoms with Gasteiger partial charge in [0.05, 0.1) is 53.9 Å². The van der Waals surface area contributed by atoms with E-state index in [1.54, 1.807) is 12.1 Å². The molecule has 3 heterocycles. The molecule has 0 bridgehead atoms. The number of carbonyl (C=O) groups excluding carboxylic acids is 2. The zero-order valence-electron chi connectivity index (χ0n) is 23.5. The molecule has 1 saturated heterocycles. The van der Waals surface area contributed by atoms with E-state index in [0.29, 0.717) is 42.4 Å². The zero-order valence-corrected chi connectivity index (χ0v) is 24.3. The molecule has 1 amide bonds. The van der Waals surface area contributed by atoms with Crippen LogP contribution < -0.4 is 32.3 Å². The van der Waals surface area contributed by atoms with E-state index in [1.165, 1.54) is 17.8 Å². The fourth-order valence-corrected chi connectivity index (χ4v) is 4.85. The SMILES string of the molecule is CCNc1nc(Nc2cc(C#N)cc(N3CC[C@@H](NC(=O)OC)[C@H](OC(=O)C(N)CCN)C3)c2Cl)nn2c(C#N)cnc12. The van der Waals surface area contributed by atoms with Crippen LogP contribution >= 0.6 is 11.6 Å². The molecule has 3 atom stereocenters. The van der Waals surface area contributed by atoms with E-state index in [0.717, 1.165) is 0 Å². The fourth-order valence-electron chi connectivity index (χ4n) is 4.58. The summed E-state index contributed by atoms with van der Waals surface area (Å²) >= 11 is 6.88. The van der Waals surface area contributed by atoms with Crippen LogP contribution in [0.25, 0.3) is 5.65 Å². The van der Waals surface area contributed by atoms with Crippen molar-refractivity contribution in [3.63, 3.8) is 0 Å². The molecule has 4 rings (SSSR count). The van der Waals surface area contributed by atoms with Gasteiger partial charge in [-0.25, -0.2) is 9.78 Å². The summed E-state index contributed by atoms with van der Waals surface area (Å²) in [4.78, 5) is 35.2. The number of nitriles is 2. The van der Waals surface area contributed by atoms with Crippen molar-refractivity contribution in [2.45, 2.75) is 38.0 Å². The summed E-state index contributed by atoms with van der Waals surface area (Å²) < 4.78 is 11.8. The number of fused-ring (bicyclic) bond motifs is 1. The van der Waals surface area contributed by atoms with Gasteiger partial charge in [0.1, 0.15) is 18.2 Å². The van der Waals surface area contributed by atoms with Gasteiger partial charge in [-0.05, 0) is 38.4 Å². The van der Waals surface area contributed by atoms with Crippen LogP contribution in [-0.4, -0.2) is 83.1 Å². The molecule has 2 aromatic heterocycles. The Morgan fingerprint density at radius 3 is 2.77 bits per heavy atom. The quantitative estimate of drug-likeness (QED) is 0.203. The van der Waals surface area contributed by atoms with Gasteiger partial charge in [0.2, 0.25) is 5.95 Å². The third kappa shape index (κ3) is 6.95. The Labute approximate surface area is 251 Å². The number of rotatable bonds is 10. The monoisotopic (exact) mass is 610 g/mol. The van der Waals surface area contributed by atoms with E-state index in [1.807, 2.05) is 17.9 Å². The molecule has 0 spiro atoms. The van der Waals surface area contributed by atoms with Gasteiger partial charge in [-0.15, -0.1) is 5.10 Å². The molecule has 7 N–H and O–H groups in total. The van der Waals surface area contributed by atoms with Gasteiger partial charge in [-0.1, -0.05) is 11.6 Å². The summed E-state index contributed by atoms with van der Waals surface area (Å²) in [6.07, 6.45) is 0.488. The third-order valence-corrected chi connectivity index (χ3v) is 7.08. The van der Waals surface area contributed by atoms with Crippen LogP contribution in [0.2, 0.25) is 5.02 Å². The number of imidazole rings is 1. The molecule has 0 aliphatic carbocycles. The number of ether oxygens (including phenoxy) is 2. The Morgan fingerprint density at radius 2 is 2.09 bits per heavy atom. The van der Waals surface area contributed by atoms with Crippen molar-refractivity contribution in [2.24, 2.45) is 11.5 Å². The average Bonchev–Trinajstić information content (AvgIpc) is 3.42. The Bertz CT molecular complexity index is 1580. The number of alkyl carbamates (subject to hydrolysis) is 1.